The Labute approximate surface area is 184 Å². The van der Waals surface area contributed by atoms with Crippen LogP contribution in [-0.2, 0) is 25.4 Å². The number of hydrogen-bond acceptors (Lipinski definition) is 4. The van der Waals surface area contributed by atoms with E-state index in [1.54, 1.807) is 0 Å². The van der Waals surface area contributed by atoms with Gasteiger partial charge in [0.05, 0.1) is 18.8 Å². The Kier molecular flexibility index (Phi) is 7.50. The fourth-order valence-electron chi connectivity index (χ4n) is 3.93. The molecule has 3 aromatic rings. The van der Waals surface area contributed by atoms with Crippen LogP contribution in [0.4, 0.5) is 0 Å². The number of aliphatic hydroxyl groups is 3. The van der Waals surface area contributed by atoms with E-state index in [1.165, 1.54) is 0 Å². The maximum absolute atomic E-state index is 10.8. The van der Waals surface area contributed by atoms with Gasteiger partial charge in [0.25, 0.3) is 0 Å². The van der Waals surface area contributed by atoms with Crippen molar-refractivity contribution in [3.63, 3.8) is 0 Å². The van der Waals surface area contributed by atoms with Gasteiger partial charge in [-0.25, -0.2) is 0 Å². The zero-order valence-electron chi connectivity index (χ0n) is 18.6. The molecule has 0 unspecified atom stereocenters. The van der Waals surface area contributed by atoms with Gasteiger partial charge in [-0.2, -0.15) is 0 Å². The Morgan fingerprint density at radius 1 is 0.839 bits per heavy atom. The molecule has 0 amide bonds. The molecule has 4 nitrogen and oxygen atoms in total. The first kappa shape index (κ1) is 23.0. The van der Waals surface area contributed by atoms with Crippen molar-refractivity contribution in [2.75, 3.05) is 0 Å². The predicted molar refractivity (Wildman–Crippen MR) is 124 cm³/mol. The van der Waals surface area contributed by atoms with Gasteiger partial charge in [0.2, 0.25) is 0 Å². The minimum Gasteiger partial charge on any atom is -0.489 e. The Balaban J connectivity index is 1.79. The molecule has 0 spiro atoms. The molecular weight excluding hydrogens is 388 g/mol. The summed E-state index contributed by atoms with van der Waals surface area (Å²) in [6.45, 7) is 6.25. The topological polar surface area (TPSA) is 69.9 Å². The molecule has 0 aromatic heterocycles. The standard InChI is InChI=1S/C27H32O4/c1-4-27(30,5-2)24-11-12-26(19(3)13-24)21-7-6-8-25(15-21)31-18-20-9-10-22(16-28)23(14-20)17-29/h6-15,28-30H,4-5,16-18H2,1-3H3. The van der Waals surface area contributed by atoms with Gasteiger partial charge >= 0.3 is 0 Å². The van der Waals surface area contributed by atoms with E-state index in [9.17, 15) is 15.3 Å². The van der Waals surface area contributed by atoms with Crippen molar-refractivity contribution in [2.24, 2.45) is 0 Å². The first-order chi connectivity index (χ1) is 14.9. The van der Waals surface area contributed by atoms with Gasteiger partial charge in [0, 0.05) is 0 Å². The third-order valence-corrected chi connectivity index (χ3v) is 6.10. The van der Waals surface area contributed by atoms with Gasteiger partial charge in [0.1, 0.15) is 12.4 Å². The van der Waals surface area contributed by atoms with Crippen LogP contribution in [0.2, 0.25) is 0 Å². The highest BCUT2D eigenvalue weighted by molar-refractivity contribution is 5.69. The molecule has 0 heterocycles. The average Bonchev–Trinajstić information content (AvgIpc) is 2.82. The van der Waals surface area contributed by atoms with Crippen molar-refractivity contribution in [2.45, 2.75) is 59.0 Å². The van der Waals surface area contributed by atoms with Gasteiger partial charge < -0.3 is 20.1 Å². The minimum atomic E-state index is -0.784. The highest BCUT2D eigenvalue weighted by atomic mass is 16.5. The maximum atomic E-state index is 10.8. The van der Waals surface area contributed by atoms with E-state index in [-0.39, 0.29) is 13.2 Å². The molecule has 3 rings (SSSR count). The molecule has 0 aliphatic carbocycles. The van der Waals surface area contributed by atoms with Crippen LogP contribution in [0.15, 0.2) is 60.7 Å². The minimum absolute atomic E-state index is 0.0921. The SMILES string of the molecule is CCC(O)(CC)c1ccc(-c2cccc(OCc3ccc(CO)c(CO)c3)c2)c(C)c1. The summed E-state index contributed by atoms with van der Waals surface area (Å²) in [6.07, 6.45) is 1.37. The molecule has 31 heavy (non-hydrogen) atoms. The molecule has 3 N–H and O–H groups in total. The Morgan fingerprint density at radius 2 is 1.58 bits per heavy atom. The van der Waals surface area contributed by atoms with Crippen LogP contribution in [0.25, 0.3) is 11.1 Å². The van der Waals surface area contributed by atoms with Crippen LogP contribution < -0.4 is 4.74 Å². The number of rotatable bonds is 9. The maximum Gasteiger partial charge on any atom is 0.120 e. The lowest BCUT2D eigenvalue weighted by atomic mass is 9.86. The molecule has 164 valence electrons. The van der Waals surface area contributed by atoms with Crippen LogP contribution >= 0.6 is 0 Å². The van der Waals surface area contributed by atoms with E-state index in [2.05, 4.69) is 25.1 Å². The number of aryl methyl sites for hydroxylation is 1. The summed E-state index contributed by atoms with van der Waals surface area (Å²) in [5.41, 5.74) is 5.83. The summed E-state index contributed by atoms with van der Waals surface area (Å²) in [5, 5.41) is 29.7. The van der Waals surface area contributed by atoms with Crippen molar-refractivity contribution in [1.29, 1.82) is 0 Å². The van der Waals surface area contributed by atoms with E-state index in [0.29, 0.717) is 25.0 Å². The van der Waals surface area contributed by atoms with Gasteiger partial charge in [-0.05, 0) is 76.9 Å². The predicted octanol–water partition coefficient (Wildman–Crippen LogP) is 5.23. The molecule has 0 bridgehead atoms. The van der Waals surface area contributed by atoms with Crippen LogP contribution in [-0.4, -0.2) is 15.3 Å². The van der Waals surface area contributed by atoms with E-state index < -0.39 is 5.60 Å². The molecule has 0 saturated heterocycles. The summed E-state index contributed by atoms with van der Waals surface area (Å²) >= 11 is 0. The molecule has 0 aliphatic rings. The van der Waals surface area contributed by atoms with Crippen molar-refractivity contribution < 1.29 is 20.1 Å². The average molecular weight is 421 g/mol. The smallest absolute Gasteiger partial charge is 0.120 e. The number of hydrogen-bond donors (Lipinski definition) is 3. The molecule has 0 radical (unpaired) electrons. The Morgan fingerprint density at radius 3 is 2.23 bits per heavy atom. The van der Waals surface area contributed by atoms with Crippen LogP contribution in [0.1, 0.15) is 54.5 Å². The lowest BCUT2D eigenvalue weighted by molar-refractivity contribution is 0.0283. The third kappa shape index (κ3) is 5.16. The van der Waals surface area contributed by atoms with E-state index >= 15 is 0 Å². The molecule has 0 aliphatic heterocycles. The summed E-state index contributed by atoms with van der Waals surface area (Å²) in [7, 11) is 0. The third-order valence-electron chi connectivity index (χ3n) is 6.10. The second-order valence-corrected chi connectivity index (χ2v) is 8.00. The zero-order chi connectivity index (χ0) is 22.4. The Bertz CT molecular complexity index is 1020. The molecule has 4 heteroatoms. The summed E-state index contributed by atoms with van der Waals surface area (Å²) in [4.78, 5) is 0. The fourth-order valence-corrected chi connectivity index (χ4v) is 3.93. The van der Waals surface area contributed by atoms with Crippen LogP contribution in [0, 0.1) is 6.92 Å². The number of benzene rings is 3. The first-order valence-electron chi connectivity index (χ1n) is 10.8. The second-order valence-electron chi connectivity index (χ2n) is 8.00. The number of ether oxygens (including phenoxy) is 1. The largest absolute Gasteiger partial charge is 0.489 e. The van der Waals surface area contributed by atoms with E-state index in [0.717, 1.165) is 39.1 Å². The molecule has 0 fully saturated rings. The molecule has 3 aromatic carbocycles. The lowest BCUT2D eigenvalue weighted by Gasteiger charge is -2.26. The molecular formula is C27H32O4. The van der Waals surface area contributed by atoms with Crippen molar-refractivity contribution >= 4 is 0 Å². The highest BCUT2D eigenvalue weighted by Gasteiger charge is 2.25. The van der Waals surface area contributed by atoms with Crippen molar-refractivity contribution in [3.05, 3.63) is 88.5 Å². The fraction of sp³-hybridized carbons (Fsp3) is 0.333. The van der Waals surface area contributed by atoms with Crippen LogP contribution in [0.3, 0.4) is 0 Å². The van der Waals surface area contributed by atoms with Crippen LogP contribution in [0.5, 0.6) is 5.75 Å². The normalized spacial score (nSPS) is 11.5. The van der Waals surface area contributed by atoms with E-state index in [4.69, 9.17) is 4.74 Å². The second kappa shape index (κ2) is 10.1. The van der Waals surface area contributed by atoms with Crippen molar-refractivity contribution in [3.8, 4) is 16.9 Å². The highest BCUT2D eigenvalue weighted by Crippen LogP contribution is 2.33. The first-order valence-corrected chi connectivity index (χ1v) is 10.8. The summed E-state index contributed by atoms with van der Waals surface area (Å²) < 4.78 is 6.00. The molecule has 0 atom stereocenters. The lowest BCUT2D eigenvalue weighted by Crippen LogP contribution is -2.23. The van der Waals surface area contributed by atoms with Gasteiger partial charge in [-0.15, -0.1) is 0 Å². The summed E-state index contributed by atoms with van der Waals surface area (Å²) in [6, 6.07) is 19.7. The molecule has 0 saturated carbocycles. The van der Waals surface area contributed by atoms with Gasteiger partial charge in [-0.1, -0.05) is 56.3 Å². The monoisotopic (exact) mass is 420 g/mol. The van der Waals surface area contributed by atoms with Gasteiger partial charge in [0.15, 0.2) is 0 Å². The van der Waals surface area contributed by atoms with Crippen molar-refractivity contribution in [1.82, 2.24) is 0 Å². The van der Waals surface area contributed by atoms with Gasteiger partial charge in [-0.3, -0.25) is 0 Å². The zero-order valence-corrected chi connectivity index (χ0v) is 18.6. The quantitative estimate of drug-likeness (QED) is 0.443. The summed E-state index contributed by atoms with van der Waals surface area (Å²) in [5.74, 6) is 0.761. The van der Waals surface area contributed by atoms with E-state index in [1.807, 2.05) is 56.3 Å². The Hall–Kier alpha value is -2.66. The number of aliphatic hydroxyl groups excluding tert-OH is 2.